The average Bonchev–Trinajstić information content (AvgIpc) is 2.79. The smallest absolute Gasteiger partial charge is 0.399 e. The summed E-state index contributed by atoms with van der Waals surface area (Å²) in [5.41, 5.74) is 5.95. The first-order valence-electron chi connectivity index (χ1n) is 5.66. The van der Waals surface area contributed by atoms with Crippen molar-refractivity contribution in [2.45, 2.75) is 11.2 Å². The number of nitrogens with one attached hydrogen (secondary N) is 1. The molecule has 0 aliphatic heterocycles. The highest BCUT2D eigenvalue weighted by atomic mass is 32.2. The number of aromatic amines is 1. The van der Waals surface area contributed by atoms with Crippen molar-refractivity contribution >= 4 is 28.5 Å². The number of amidine groups is 1. The van der Waals surface area contributed by atoms with Crippen molar-refractivity contribution in [3.8, 4) is 0 Å². The molecule has 0 saturated carbocycles. The molecule has 0 aliphatic rings. The van der Waals surface area contributed by atoms with Crippen LogP contribution in [-0.2, 0) is 0 Å². The molecule has 2 aromatic rings. The van der Waals surface area contributed by atoms with Crippen LogP contribution in [0.1, 0.15) is 0 Å². The lowest BCUT2D eigenvalue weighted by molar-refractivity contribution is -0.150. The molecule has 4 nitrogen and oxygen atoms in total. The number of hydrogen-bond donors (Lipinski definition) is 3. The van der Waals surface area contributed by atoms with E-state index >= 15 is 0 Å². The van der Waals surface area contributed by atoms with Gasteiger partial charge in [0.2, 0.25) is 0 Å². The van der Waals surface area contributed by atoms with Gasteiger partial charge < -0.3 is 15.9 Å². The van der Waals surface area contributed by atoms with Gasteiger partial charge in [-0.05, 0) is 12.1 Å². The summed E-state index contributed by atoms with van der Waals surface area (Å²) in [5.74, 6) is -3.17. The van der Waals surface area contributed by atoms with Crippen LogP contribution in [0.5, 0.6) is 0 Å². The van der Waals surface area contributed by atoms with Gasteiger partial charge in [0.15, 0.2) is 5.84 Å². The Hall–Kier alpha value is -1.83. The number of nitrogens with two attached hydrogens (primary N) is 1. The van der Waals surface area contributed by atoms with Crippen LogP contribution in [-0.4, -0.2) is 28.0 Å². The van der Waals surface area contributed by atoms with Crippen LogP contribution in [0.25, 0.3) is 10.9 Å². The zero-order valence-corrected chi connectivity index (χ0v) is 11.0. The summed E-state index contributed by atoms with van der Waals surface area (Å²) in [4.78, 5) is 3.01. The molecule has 1 aromatic carbocycles. The number of alkyl halides is 3. The molecule has 20 heavy (non-hydrogen) atoms. The van der Waals surface area contributed by atoms with Crippen LogP contribution in [0.4, 0.5) is 13.2 Å². The highest BCUT2D eigenvalue weighted by Crippen LogP contribution is 2.32. The summed E-state index contributed by atoms with van der Waals surface area (Å²) in [6.45, 7) is 0. The molecule has 1 heterocycles. The SMILES string of the molecule is N/C(=N/O)C(CSc1cc2ccccc2[nH]1)C(F)(F)F. The Morgan fingerprint density at radius 1 is 1.40 bits per heavy atom. The fourth-order valence-electron chi connectivity index (χ4n) is 1.71. The molecule has 0 fully saturated rings. The normalized spacial score (nSPS) is 14.7. The summed E-state index contributed by atoms with van der Waals surface area (Å²) >= 11 is 0.977. The minimum absolute atomic E-state index is 0.355. The van der Waals surface area contributed by atoms with E-state index in [1.165, 1.54) is 0 Å². The lowest BCUT2D eigenvalue weighted by atomic mass is 10.1. The molecule has 0 aliphatic carbocycles. The summed E-state index contributed by atoms with van der Waals surface area (Å²) in [6.07, 6.45) is -4.55. The lowest BCUT2D eigenvalue weighted by Crippen LogP contribution is -2.37. The molecule has 0 radical (unpaired) electrons. The molecule has 108 valence electrons. The first kappa shape index (κ1) is 14.6. The molecule has 1 unspecified atom stereocenters. The van der Waals surface area contributed by atoms with E-state index in [0.29, 0.717) is 5.03 Å². The minimum atomic E-state index is -4.55. The van der Waals surface area contributed by atoms with E-state index in [-0.39, 0.29) is 5.75 Å². The monoisotopic (exact) mass is 303 g/mol. The van der Waals surface area contributed by atoms with E-state index in [2.05, 4.69) is 10.1 Å². The summed E-state index contributed by atoms with van der Waals surface area (Å²) in [6, 6.07) is 9.15. The lowest BCUT2D eigenvalue weighted by Gasteiger charge is -2.17. The van der Waals surface area contributed by atoms with Crippen molar-refractivity contribution in [1.29, 1.82) is 0 Å². The number of nitrogens with zero attached hydrogens (tertiary/aromatic N) is 1. The number of para-hydroxylation sites is 1. The maximum absolute atomic E-state index is 12.8. The third-order valence-electron chi connectivity index (χ3n) is 2.78. The zero-order valence-electron chi connectivity index (χ0n) is 10.2. The largest absolute Gasteiger partial charge is 0.409 e. The van der Waals surface area contributed by atoms with E-state index in [1.54, 1.807) is 6.07 Å². The van der Waals surface area contributed by atoms with Crippen molar-refractivity contribution in [2.24, 2.45) is 16.8 Å². The van der Waals surface area contributed by atoms with Gasteiger partial charge in [0.05, 0.1) is 5.03 Å². The molecule has 0 bridgehead atoms. The number of rotatable bonds is 4. The Balaban J connectivity index is 2.13. The third kappa shape index (κ3) is 3.19. The fraction of sp³-hybridized carbons (Fsp3) is 0.250. The van der Waals surface area contributed by atoms with Gasteiger partial charge in [-0.3, -0.25) is 0 Å². The van der Waals surface area contributed by atoms with Crippen LogP contribution in [0.2, 0.25) is 0 Å². The number of halogens is 3. The predicted molar refractivity (Wildman–Crippen MR) is 72.0 cm³/mol. The number of oxime groups is 1. The van der Waals surface area contributed by atoms with Crippen LogP contribution >= 0.6 is 11.8 Å². The standard InChI is InChI=1S/C12H12F3N3OS/c13-12(14,15)8(11(16)18-19)6-20-10-5-7-3-1-2-4-9(7)17-10/h1-5,8,17,19H,6H2,(H2,16,18). The number of thioether (sulfide) groups is 1. The number of fused-ring (bicyclic) bond motifs is 1. The van der Waals surface area contributed by atoms with E-state index in [4.69, 9.17) is 10.9 Å². The van der Waals surface area contributed by atoms with E-state index < -0.39 is 17.9 Å². The molecule has 2 rings (SSSR count). The number of benzene rings is 1. The molecule has 0 amide bonds. The van der Waals surface area contributed by atoms with E-state index in [0.717, 1.165) is 22.7 Å². The topological polar surface area (TPSA) is 74.4 Å². The molecule has 4 N–H and O–H groups in total. The average molecular weight is 303 g/mol. The number of aromatic nitrogens is 1. The maximum Gasteiger partial charge on any atom is 0.399 e. The Bertz CT molecular complexity index is 591. The van der Waals surface area contributed by atoms with E-state index in [1.807, 2.05) is 24.3 Å². The molecular weight excluding hydrogens is 291 g/mol. The first-order valence-corrected chi connectivity index (χ1v) is 6.65. The van der Waals surface area contributed by atoms with Crippen LogP contribution in [0, 0.1) is 5.92 Å². The maximum atomic E-state index is 12.8. The highest BCUT2D eigenvalue weighted by molar-refractivity contribution is 7.99. The van der Waals surface area contributed by atoms with Crippen LogP contribution in [0.15, 0.2) is 40.5 Å². The Morgan fingerprint density at radius 3 is 2.70 bits per heavy atom. The van der Waals surface area contributed by atoms with Crippen molar-refractivity contribution in [1.82, 2.24) is 4.98 Å². The predicted octanol–water partition coefficient (Wildman–Crippen LogP) is 3.18. The second-order valence-corrected chi connectivity index (χ2v) is 5.21. The molecule has 0 spiro atoms. The number of hydrogen-bond acceptors (Lipinski definition) is 3. The Labute approximate surface area is 116 Å². The molecular formula is C12H12F3N3OS. The second kappa shape index (κ2) is 5.66. The molecule has 1 aromatic heterocycles. The van der Waals surface area contributed by atoms with Gasteiger partial charge in [0, 0.05) is 16.7 Å². The van der Waals surface area contributed by atoms with Gasteiger partial charge in [0.25, 0.3) is 0 Å². The second-order valence-electron chi connectivity index (χ2n) is 4.15. The highest BCUT2D eigenvalue weighted by Gasteiger charge is 2.42. The Kier molecular flexibility index (Phi) is 4.12. The third-order valence-corrected chi connectivity index (χ3v) is 3.81. The van der Waals surface area contributed by atoms with Crippen LogP contribution in [0.3, 0.4) is 0 Å². The number of H-pyrrole nitrogens is 1. The summed E-state index contributed by atoms with van der Waals surface area (Å²) in [5, 5.41) is 12.4. The van der Waals surface area contributed by atoms with Crippen LogP contribution < -0.4 is 5.73 Å². The minimum Gasteiger partial charge on any atom is -0.409 e. The van der Waals surface area contributed by atoms with Gasteiger partial charge in [-0.25, -0.2) is 0 Å². The van der Waals surface area contributed by atoms with Gasteiger partial charge in [-0.1, -0.05) is 23.4 Å². The van der Waals surface area contributed by atoms with Crippen molar-refractivity contribution in [2.75, 3.05) is 5.75 Å². The van der Waals surface area contributed by atoms with Gasteiger partial charge >= 0.3 is 6.18 Å². The molecule has 0 saturated heterocycles. The van der Waals surface area contributed by atoms with Gasteiger partial charge in [-0.2, -0.15) is 13.2 Å². The molecule has 1 atom stereocenters. The van der Waals surface area contributed by atoms with Crippen molar-refractivity contribution in [3.05, 3.63) is 30.3 Å². The zero-order chi connectivity index (χ0) is 14.8. The van der Waals surface area contributed by atoms with E-state index in [9.17, 15) is 13.2 Å². The summed E-state index contributed by atoms with van der Waals surface area (Å²) in [7, 11) is 0. The Morgan fingerprint density at radius 2 is 2.10 bits per heavy atom. The fourth-order valence-corrected chi connectivity index (χ4v) is 2.81. The first-order chi connectivity index (χ1) is 9.41. The van der Waals surface area contributed by atoms with Gasteiger partial charge in [-0.15, -0.1) is 11.8 Å². The van der Waals surface area contributed by atoms with Gasteiger partial charge in [0.1, 0.15) is 5.92 Å². The quantitative estimate of drug-likeness (QED) is 0.267. The van der Waals surface area contributed by atoms with Crippen molar-refractivity contribution < 1.29 is 18.4 Å². The summed E-state index contributed by atoms with van der Waals surface area (Å²) < 4.78 is 38.3. The molecule has 8 heteroatoms. The van der Waals surface area contributed by atoms with Crippen molar-refractivity contribution in [3.63, 3.8) is 0 Å².